The molecule has 4 rings (SSSR count). The molecule has 0 atom stereocenters. The molecular weight excluding hydrogens is 398 g/mol. The topological polar surface area (TPSA) is 69.6 Å². The summed E-state index contributed by atoms with van der Waals surface area (Å²) < 4.78 is 6.38. The zero-order valence-corrected chi connectivity index (χ0v) is 15.9. The highest BCUT2D eigenvalue weighted by Gasteiger charge is 2.27. The van der Waals surface area contributed by atoms with Crippen molar-refractivity contribution in [1.29, 1.82) is 0 Å². The Bertz CT molecular complexity index is 983. The number of fused-ring (bicyclic) bond motifs is 1. The quantitative estimate of drug-likeness (QED) is 0.696. The highest BCUT2D eigenvalue weighted by atomic mass is 79.9. The van der Waals surface area contributed by atoms with Crippen LogP contribution in [0.4, 0.5) is 0 Å². The number of rotatable bonds is 2. The molecule has 2 aromatic heterocycles. The summed E-state index contributed by atoms with van der Waals surface area (Å²) in [7, 11) is 0. The van der Waals surface area contributed by atoms with Gasteiger partial charge in [-0.3, -0.25) is 9.59 Å². The normalized spacial score (nSPS) is 14.8. The number of piperazine rings is 1. The first-order valence-corrected chi connectivity index (χ1v) is 9.24. The van der Waals surface area contributed by atoms with Gasteiger partial charge in [0.05, 0.1) is 0 Å². The first-order chi connectivity index (χ1) is 12.5. The fraction of sp³-hybridized carbons (Fsp3) is 0.263. The van der Waals surface area contributed by atoms with Gasteiger partial charge in [-0.1, -0.05) is 15.9 Å². The van der Waals surface area contributed by atoms with Crippen molar-refractivity contribution in [2.75, 3.05) is 26.2 Å². The number of amides is 2. The van der Waals surface area contributed by atoms with Gasteiger partial charge in [-0.2, -0.15) is 0 Å². The Kier molecular flexibility index (Phi) is 4.32. The van der Waals surface area contributed by atoms with Gasteiger partial charge in [0.25, 0.3) is 11.8 Å². The summed E-state index contributed by atoms with van der Waals surface area (Å²) in [5.74, 6) is 0.898. The molecule has 3 heterocycles. The molecule has 6 nitrogen and oxygen atoms in total. The molecule has 7 heteroatoms. The second-order valence-electron chi connectivity index (χ2n) is 6.41. The minimum Gasteiger partial charge on any atom is -0.456 e. The predicted molar refractivity (Wildman–Crippen MR) is 101 cm³/mol. The summed E-state index contributed by atoms with van der Waals surface area (Å²) in [6, 6.07) is 11.2. The lowest BCUT2D eigenvalue weighted by atomic mass is 10.2. The molecule has 3 aromatic rings. The molecule has 1 aliphatic heterocycles. The number of aryl methyl sites for hydroxylation is 1. The number of furan rings is 1. The number of nitrogens with zero attached hydrogens (tertiary/aromatic N) is 2. The highest BCUT2D eigenvalue weighted by Crippen LogP contribution is 2.22. The molecule has 1 aliphatic rings. The maximum absolute atomic E-state index is 12.8. The van der Waals surface area contributed by atoms with Crippen LogP contribution in [-0.4, -0.2) is 52.8 Å². The molecule has 1 fully saturated rings. The standard InChI is InChI=1S/C19H18BrN3O3/c1-12-2-5-17(26-12)19(25)23-8-6-22(7-9-23)18(24)16-11-13-10-14(20)3-4-15(13)21-16/h2-5,10-11,21H,6-9H2,1H3. The van der Waals surface area contributed by atoms with Crippen LogP contribution in [0.1, 0.15) is 26.8 Å². The van der Waals surface area contributed by atoms with E-state index in [0.717, 1.165) is 15.4 Å². The van der Waals surface area contributed by atoms with Crippen molar-refractivity contribution in [2.24, 2.45) is 0 Å². The van der Waals surface area contributed by atoms with E-state index in [1.54, 1.807) is 21.9 Å². The van der Waals surface area contributed by atoms with Gasteiger partial charge in [-0.25, -0.2) is 0 Å². The number of carbonyl (C=O) groups excluding carboxylic acids is 2. The molecule has 0 spiro atoms. The van der Waals surface area contributed by atoms with Gasteiger partial charge in [0, 0.05) is 41.6 Å². The third kappa shape index (κ3) is 3.14. The van der Waals surface area contributed by atoms with Gasteiger partial charge in [0.2, 0.25) is 0 Å². The number of hydrogen-bond acceptors (Lipinski definition) is 3. The minimum atomic E-state index is -0.124. The smallest absolute Gasteiger partial charge is 0.289 e. The van der Waals surface area contributed by atoms with Crippen molar-refractivity contribution in [1.82, 2.24) is 14.8 Å². The van der Waals surface area contributed by atoms with Crippen molar-refractivity contribution in [2.45, 2.75) is 6.92 Å². The zero-order valence-electron chi connectivity index (χ0n) is 14.3. The van der Waals surface area contributed by atoms with Gasteiger partial charge >= 0.3 is 0 Å². The molecule has 0 bridgehead atoms. The fourth-order valence-corrected chi connectivity index (χ4v) is 3.59. The Labute approximate surface area is 158 Å². The van der Waals surface area contributed by atoms with Gasteiger partial charge in [0.15, 0.2) is 5.76 Å². The molecular formula is C19H18BrN3O3. The van der Waals surface area contributed by atoms with Crippen molar-refractivity contribution in [3.63, 3.8) is 0 Å². The first-order valence-electron chi connectivity index (χ1n) is 8.44. The highest BCUT2D eigenvalue weighted by molar-refractivity contribution is 9.10. The number of H-pyrrole nitrogens is 1. The lowest BCUT2D eigenvalue weighted by molar-refractivity contribution is 0.0515. The third-order valence-electron chi connectivity index (χ3n) is 4.62. The molecule has 1 saturated heterocycles. The van der Waals surface area contributed by atoms with Crippen LogP contribution in [-0.2, 0) is 0 Å². The van der Waals surface area contributed by atoms with Crippen molar-refractivity contribution >= 4 is 38.6 Å². The Balaban J connectivity index is 1.43. The summed E-state index contributed by atoms with van der Waals surface area (Å²) in [5.41, 5.74) is 1.50. The molecule has 0 aliphatic carbocycles. The molecule has 0 unspecified atom stereocenters. The molecule has 0 radical (unpaired) electrons. The van der Waals surface area contributed by atoms with Gasteiger partial charge in [-0.05, 0) is 43.3 Å². The summed E-state index contributed by atoms with van der Waals surface area (Å²) in [5, 5.41) is 0.990. The number of benzene rings is 1. The van der Waals surface area contributed by atoms with E-state index in [1.165, 1.54) is 0 Å². The number of carbonyl (C=O) groups is 2. The Morgan fingerprint density at radius 1 is 1.00 bits per heavy atom. The molecule has 134 valence electrons. The van der Waals surface area contributed by atoms with Crippen molar-refractivity contribution < 1.29 is 14.0 Å². The summed E-state index contributed by atoms with van der Waals surface area (Å²) >= 11 is 3.44. The number of nitrogens with one attached hydrogen (secondary N) is 1. The van der Waals surface area contributed by atoms with E-state index in [2.05, 4.69) is 20.9 Å². The number of hydrogen-bond donors (Lipinski definition) is 1. The minimum absolute atomic E-state index is 0.0433. The Morgan fingerprint density at radius 3 is 2.35 bits per heavy atom. The van der Waals surface area contributed by atoms with Crippen molar-refractivity contribution in [3.8, 4) is 0 Å². The number of halogens is 1. The molecule has 2 amide bonds. The van der Waals surface area contributed by atoms with E-state index in [9.17, 15) is 9.59 Å². The second kappa shape index (κ2) is 6.64. The van der Waals surface area contributed by atoms with Crippen LogP contribution in [0, 0.1) is 6.92 Å². The van der Waals surface area contributed by atoms with E-state index in [1.807, 2.05) is 31.2 Å². The van der Waals surface area contributed by atoms with Gasteiger partial charge in [0.1, 0.15) is 11.5 Å². The molecule has 26 heavy (non-hydrogen) atoms. The SMILES string of the molecule is Cc1ccc(C(=O)N2CCN(C(=O)c3cc4cc(Br)ccc4[nH]3)CC2)o1. The largest absolute Gasteiger partial charge is 0.456 e. The Morgan fingerprint density at radius 2 is 1.69 bits per heavy atom. The summed E-state index contributed by atoms with van der Waals surface area (Å²) in [6.45, 7) is 3.81. The third-order valence-corrected chi connectivity index (χ3v) is 5.11. The van der Waals surface area contributed by atoms with Gasteiger partial charge < -0.3 is 19.2 Å². The summed E-state index contributed by atoms with van der Waals surface area (Å²) in [4.78, 5) is 31.9. The molecule has 1 N–H and O–H groups in total. The van der Waals surface area contributed by atoms with E-state index in [-0.39, 0.29) is 11.8 Å². The van der Waals surface area contributed by atoms with Crippen LogP contribution in [0.5, 0.6) is 0 Å². The van der Waals surface area contributed by atoms with E-state index < -0.39 is 0 Å². The monoisotopic (exact) mass is 415 g/mol. The molecule has 0 saturated carbocycles. The lowest BCUT2D eigenvalue weighted by Gasteiger charge is -2.34. The van der Waals surface area contributed by atoms with Crippen LogP contribution < -0.4 is 0 Å². The van der Waals surface area contributed by atoms with Gasteiger partial charge in [-0.15, -0.1) is 0 Å². The van der Waals surface area contributed by atoms with E-state index >= 15 is 0 Å². The summed E-state index contributed by atoms with van der Waals surface area (Å²) in [6.07, 6.45) is 0. The maximum Gasteiger partial charge on any atom is 0.289 e. The van der Waals surface area contributed by atoms with Crippen LogP contribution in [0.15, 0.2) is 45.3 Å². The average molecular weight is 416 g/mol. The zero-order chi connectivity index (χ0) is 18.3. The average Bonchev–Trinajstić information content (AvgIpc) is 3.26. The fourth-order valence-electron chi connectivity index (χ4n) is 3.21. The van der Waals surface area contributed by atoms with Crippen molar-refractivity contribution in [3.05, 3.63) is 58.1 Å². The predicted octanol–water partition coefficient (Wildman–Crippen LogP) is 3.43. The van der Waals surface area contributed by atoms with Crippen LogP contribution in [0.2, 0.25) is 0 Å². The Hall–Kier alpha value is -2.54. The van der Waals surface area contributed by atoms with Crippen LogP contribution in [0.3, 0.4) is 0 Å². The lowest BCUT2D eigenvalue weighted by Crippen LogP contribution is -2.50. The first kappa shape index (κ1) is 16.9. The van der Waals surface area contributed by atoms with Crippen LogP contribution in [0.25, 0.3) is 10.9 Å². The number of aromatic nitrogens is 1. The maximum atomic E-state index is 12.8. The van der Waals surface area contributed by atoms with E-state index in [0.29, 0.717) is 43.4 Å². The second-order valence-corrected chi connectivity index (χ2v) is 7.32. The number of aromatic amines is 1. The van der Waals surface area contributed by atoms with Crippen LogP contribution >= 0.6 is 15.9 Å². The van der Waals surface area contributed by atoms with E-state index in [4.69, 9.17) is 4.42 Å². The molecule has 1 aromatic carbocycles.